The van der Waals surface area contributed by atoms with E-state index in [1.807, 2.05) is 0 Å². The summed E-state index contributed by atoms with van der Waals surface area (Å²) >= 11 is 0. The van der Waals surface area contributed by atoms with Crippen LogP contribution in [-0.2, 0) is 20.9 Å². The van der Waals surface area contributed by atoms with E-state index in [2.05, 4.69) is 10.2 Å². The van der Waals surface area contributed by atoms with Crippen molar-refractivity contribution in [2.45, 2.75) is 32.3 Å². The van der Waals surface area contributed by atoms with E-state index >= 15 is 0 Å². The number of methoxy groups -OCH3 is 3. The van der Waals surface area contributed by atoms with Crippen molar-refractivity contribution in [2.24, 2.45) is 0 Å². The lowest BCUT2D eigenvalue weighted by atomic mass is 10.2. The SMILES string of the molecule is COc1cc(-c2nnc(COC(=O)CN3CCCCCC3=O)o2)cc(OC)c1OC. The van der Waals surface area contributed by atoms with Crippen LogP contribution < -0.4 is 14.2 Å². The first-order valence-corrected chi connectivity index (χ1v) is 9.62. The first-order chi connectivity index (χ1) is 14.5. The molecule has 0 bridgehead atoms. The maximum atomic E-state index is 12.1. The van der Waals surface area contributed by atoms with Crippen molar-refractivity contribution in [3.8, 4) is 28.7 Å². The molecule has 0 atom stereocenters. The summed E-state index contributed by atoms with van der Waals surface area (Å²) in [7, 11) is 4.53. The fourth-order valence-corrected chi connectivity index (χ4v) is 3.18. The molecule has 10 heteroatoms. The number of likely N-dealkylation sites (tertiary alicyclic amines) is 1. The predicted octanol–water partition coefficient (Wildman–Crippen LogP) is 2.21. The Morgan fingerprint density at radius 1 is 1.07 bits per heavy atom. The third-order valence-corrected chi connectivity index (χ3v) is 4.73. The molecule has 10 nitrogen and oxygen atoms in total. The molecule has 0 saturated carbocycles. The van der Waals surface area contributed by atoms with Crippen molar-refractivity contribution < 1.29 is 33.0 Å². The molecular formula is C20H25N3O7. The Kier molecular flexibility index (Phi) is 7.10. The van der Waals surface area contributed by atoms with E-state index in [1.54, 1.807) is 12.1 Å². The lowest BCUT2D eigenvalue weighted by Gasteiger charge is -2.18. The monoisotopic (exact) mass is 419 g/mol. The molecule has 1 saturated heterocycles. The van der Waals surface area contributed by atoms with Crippen molar-refractivity contribution in [3.05, 3.63) is 18.0 Å². The molecule has 0 aliphatic carbocycles. The number of amides is 1. The van der Waals surface area contributed by atoms with Crippen LogP contribution in [-0.4, -0.2) is 61.4 Å². The van der Waals surface area contributed by atoms with Gasteiger partial charge in [-0.05, 0) is 25.0 Å². The number of ether oxygens (including phenoxy) is 4. The summed E-state index contributed by atoms with van der Waals surface area (Å²) in [5, 5.41) is 7.89. The second-order valence-electron chi connectivity index (χ2n) is 6.70. The van der Waals surface area contributed by atoms with Crippen molar-refractivity contribution >= 4 is 11.9 Å². The quantitative estimate of drug-likeness (QED) is 0.594. The lowest BCUT2D eigenvalue weighted by molar-refractivity contribution is -0.150. The van der Waals surface area contributed by atoms with Crippen LogP contribution >= 0.6 is 0 Å². The van der Waals surface area contributed by atoms with Gasteiger partial charge in [-0.3, -0.25) is 9.59 Å². The number of aromatic nitrogens is 2. The Balaban J connectivity index is 1.64. The van der Waals surface area contributed by atoms with Gasteiger partial charge in [-0.2, -0.15) is 0 Å². The van der Waals surface area contributed by atoms with Gasteiger partial charge in [0.1, 0.15) is 6.54 Å². The van der Waals surface area contributed by atoms with Gasteiger partial charge in [-0.25, -0.2) is 0 Å². The van der Waals surface area contributed by atoms with Crippen LogP contribution in [0.1, 0.15) is 31.6 Å². The van der Waals surface area contributed by atoms with E-state index in [0.29, 0.717) is 35.8 Å². The Bertz CT molecular complexity index is 871. The van der Waals surface area contributed by atoms with E-state index in [-0.39, 0.29) is 30.8 Å². The Hall–Kier alpha value is -3.30. The number of carbonyl (C=O) groups is 2. The van der Waals surface area contributed by atoms with Gasteiger partial charge in [-0.1, -0.05) is 6.42 Å². The summed E-state index contributed by atoms with van der Waals surface area (Å²) in [6.45, 7) is 0.310. The summed E-state index contributed by atoms with van der Waals surface area (Å²) in [5.41, 5.74) is 0.560. The average molecular weight is 419 g/mol. The molecule has 0 unspecified atom stereocenters. The number of carbonyl (C=O) groups excluding carboxylic acids is 2. The van der Waals surface area contributed by atoms with Gasteiger partial charge in [0, 0.05) is 18.5 Å². The molecule has 1 fully saturated rings. The zero-order valence-electron chi connectivity index (χ0n) is 17.3. The zero-order valence-corrected chi connectivity index (χ0v) is 17.3. The van der Waals surface area contributed by atoms with Crippen LogP contribution in [0.2, 0.25) is 0 Å². The second kappa shape index (κ2) is 9.95. The third kappa shape index (κ3) is 5.00. The maximum absolute atomic E-state index is 12.1. The van der Waals surface area contributed by atoms with Gasteiger partial charge in [0.05, 0.1) is 21.3 Å². The Morgan fingerprint density at radius 2 is 1.80 bits per heavy atom. The highest BCUT2D eigenvalue weighted by atomic mass is 16.5. The molecular weight excluding hydrogens is 394 g/mol. The minimum Gasteiger partial charge on any atom is -0.493 e. The smallest absolute Gasteiger partial charge is 0.326 e. The van der Waals surface area contributed by atoms with Crippen LogP contribution in [0, 0.1) is 0 Å². The van der Waals surface area contributed by atoms with E-state index in [4.69, 9.17) is 23.4 Å². The number of hydrogen-bond acceptors (Lipinski definition) is 9. The zero-order chi connectivity index (χ0) is 21.5. The molecule has 2 heterocycles. The third-order valence-electron chi connectivity index (χ3n) is 4.73. The molecule has 162 valence electrons. The van der Waals surface area contributed by atoms with Gasteiger partial charge in [0.25, 0.3) is 5.89 Å². The lowest BCUT2D eigenvalue weighted by Crippen LogP contribution is -2.35. The minimum absolute atomic E-state index is 0.0214. The molecule has 1 amide bonds. The minimum atomic E-state index is -0.516. The fraction of sp³-hybridized carbons (Fsp3) is 0.500. The van der Waals surface area contributed by atoms with Crippen molar-refractivity contribution in [1.29, 1.82) is 0 Å². The molecule has 30 heavy (non-hydrogen) atoms. The van der Waals surface area contributed by atoms with E-state index in [1.165, 1.54) is 26.2 Å². The van der Waals surface area contributed by atoms with Crippen LogP contribution in [0.3, 0.4) is 0 Å². The standard InChI is InChI=1S/C20H25N3O7/c1-26-14-9-13(10-15(27-2)19(14)28-3)20-22-21-16(30-20)12-29-18(25)11-23-8-6-4-5-7-17(23)24/h9-10H,4-8,11-12H2,1-3H3. The summed E-state index contributed by atoms with van der Waals surface area (Å²) in [5.74, 6) is 1.14. The number of benzene rings is 1. The highest BCUT2D eigenvalue weighted by Gasteiger charge is 2.21. The molecule has 1 aromatic carbocycles. The summed E-state index contributed by atoms with van der Waals surface area (Å²) in [6.07, 6.45) is 3.20. The molecule has 1 aliphatic heterocycles. The summed E-state index contributed by atoms with van der Waals surface area (Å²) in [6, 6.07) is 3.35. The van der Waals surface area contributed by atoms with Gasteiger partial charge in [0.15, 0.2) is 18.1 Å². The fourth-order valence-electron chi connectivity index (χ4n) is 3.18. The molecule has 3 rings (SSSR count). The molecule has 2 aromatic rings. The molecule has 0 spiro atoms. The van der Waals surface area contributed by atoms with Crippen molar-refractivity contribution in [3.63, 3.8) is 0 Å². The summed E-state index contributed by atoms with van der Waals surface area (Å²) < 4.78 is 26.7. The van der Waals surface area contributed by atoms with Crippen LogP contribution in [0.5, 0.6) is 17.2 Å². The largest absolute Gasteiger partial charge is 0.493 e. The van der Waals surface area contributed by atoms with E-state index in [9.17, 15) is 9.59 Å². The van der Waals surface area contributed by atoms with Crippen LogP contribution in [0.4, 0.5) is 0 Å². The van der Waals surface area contributed by atoms with Gasteiger partial charge >= 0.3 is 5.97 Å². The predicted molar refractivity (Wildman–Crippen MR) is 104 cm³/mol. The van der Waals surface area contributed by atoms with E-state index < -0.39 is 5.97 Å². The first kappa shape index (κ1) is 21.4. The molecule has 1 aromatic heterocycles. The van der Waals surface area contributed by atoms with Crippen LogP contribution in [0.25, 0.3) is 11.5 Å². The van der Waals surface area contributed by atoms with Gasteiger partial charge < -0.3 is 28.3 Å². The Morgan fingerprint density at radius 3 is 2.47 bits per heavy atom. The topological polar surface area (TPSA) is 113 Å². The second-order valence-corrected chi connectivity index (χ2v) is 6.70. The summed E-state index contributed by atoms with van der Waals surface area (Å²) in [4.78, 5) is 25.6. The Labute approximate surface area is 174 Å². The normalized spacial score (nSPS) is 14.2. The number of hydrogen-bond donors (Lipinski definition) is 0. The van der Waals surface area contributed by atoms with Crippen molar-refractivity contribution in [2.75, 3.05) is 34.4 Å². The molecule has 1 aliphatic rings. The number of rotatable bonds is 8. The highest BCUT2D eigenvalue weighted by Crippen LogP contribution is 2.40. The number of nitrogens with zero attached hydrogens (tertiary/aromatic N) is 3. The van der Waals surface area contributed by atoms with E-state index in [0.717, 1.165) is 19.3 Å². The first-order valence-electron chi connectivity index (χ1n) is 9.62. The highest BCUT2D eigenvalue weighted by molar-refractivity contribution is 5.82. The number of esters is 1. The molecule has 0 radical (unpaired) electrons. The van der Waals surface area contributed by atoms with Gasteiger partial charge in [-0.15, -0.1) is 10.2 Å². The molecule has 0 N–H and O–H groups in total. The average Bonchev–Trinajstić information content (AvgIpc) is 3.15. The van der Waals surface area contributed by atoms with Gasteiger partial charge in [0.2, 0.25) is 17.5 Å². The maximum Gasteiger partial charge on any atom is 0.326 e. The van der Waals surface area contributed by atoms with Crippen LogP contribution in [0.15, 0.2) is 16.5 Å². The van der Waals surface area contributed by atoms with Crippen molar-refractivity contribution in [1.82, 2.24) is 15.1 Å².